The molecule has 1 aliphatic rings. The topological polar surface area (TPSA) is 78.1 Å². The summed E-state index contributed by atoms with van der Waals surface area (Å²) in [6.45, 7) is 1.22. The van der Waals surface area contributed by atoms with Crippen molar-refractivity contribution in [2.45, 2.75) is 25.7 Å². The number of likely N-dealkylation sites (tertiary alicyclic amines) is 1. The van der Waals surface area contributed by atoms with Crippen molar-refractivity contribution < 1.29 is 9.59 Å². The fraction of sp³-hybridized carbons (Fsp3) is 0.350. The van der Waals surface area contributed by atoms with Crippen LogP contribution in [0.2, 0.25) is 0 Å². The number of carbonyl (C=O) groups excluding carboxylic acids is 2. The molecular weight excluding hydrogens is 360 g/mol. The molecule has 4 rings (SSSR count). The van der Waals surface area contributed by atoms with Gasteiger partial charge in [-0.2, -0.15) is 0 Å². The summed E-state index contributed by atoms with van der Waals surface area (Å²) in [6, 6.07) is 8.12. The number of thiazole rings is 1. The number of para-hydroxylation sites is 1. The molecule has 1 fully saturated rings. The van der Waals surface area contributed by atoms with Gasteiger partial charge < -0.3 is 15.2 Å². The molecule has 0 bridgehead atoms. The Hall–Kier alpha value is -2.67. The molecule has 3 aromatic rings. The number of hydrogen-bond acceptors (Lipinski definition) is 4. The molecule has 1 saturated heterocycles. The molecule has 2 amide bonds. The molecule has 2 N–H and O–H groups in total. The van der Waals surface area contributed by atoms with Crippen molar-refractivity contribution in [2.75, 3.05) is 18.4 Å². The molecule has 3 heterocycles. The van der Waals surface area contributed by atoms with Gasteiger partial charge in [-0.25, -0.2) is 4.98 Å². The van der Waals surface area contributed by atoms with Crippen molar-refractivity contribution in [3.8, 4) is 0 Å². The molecule has 1 aromatic carbocycles. The Kier molecular flexibility index (Phi) is 5.20. The van der Waals surface area contributed by atoms with Crippen LogP contribution in [0.3, 0.4) is 0 Å². The Labute approximate surface area is 161 Å². The summed E-state index contributed by atoms with van der Waals surface area (Å²) in [5, 5.41) is 6.47. The van der Waals surface area contributed by atoms with Gasteiger partial charge >= 0.3 is 0 Å². The van der Waals surface area contributed by atoms with Crippen molar-refractivity contribution >= 4 is 39.2 Å². The number of aromatic amines is 1. The van der Waals surface area contributed by atoms with E-state index in [9.17, 15) is 9.59 Å². The second-order valence-corrected chi connectivity index (χ2v) is 7.76. The largest absolute Gasteiger partial charge is 0.361 e. The van der Waals surface area contributed by atoms with Gasteiger partial charge in [-0.3, -0.25) is 9.59 Å². The number of benzene rings is 1. The molecule has 2 aromatic heterocycles. The fourth-order valence-corrected chi connectivity index (χ4v) is 4.18. The predicted molar refractivity (Wildman–Crippen MR) is 107 cm³/mol. The maximum Gasteiger partial charge on any atom is 0.231 e. The summed E-state index contributed by atoms with van der Waals surface area (Å²) in [4.78, 5) is 34.3. The normalized spacial score (nSPS) is 17.2. The minimum Gasteiger partial charge on any atom is -0.361 e. The zero-order valence-electron chi connectivity index (χ0n) is 15.0. The molecule has 0 unspecified atom stereocenters. The average molecular weight is 382 g/mol. The van der Waals surface area contributed by atoms with Crippen molar-refractivity contribution in [2.24, 2.45) is 5.92 Å². The zero-order chi connectivity index (χ0) is 18.6. The molecule has 1 atom stereocenters. The second kappa shape index (κ2) is 7.92. The number of aromatic nitrogens is 2. The van der Waals surface area contributed by atoms with E-state index in [1.807, 2.05) is 34.7 Å². The van der Waals surface area contributed by atoms with E-state index in [2.05, 4.69) is 21.4 Å². The zero-order valence-corrected chi connectivity index (χ0v) is 15.8. The number of anilines is 1. The average Bonchev–Trinajstić information content (AvgIpc) is 3.36. The predicted octanol–water partition coefficient (Wildman–Crippen LogP) is 3.43. The third kappa shape index (κ3) is 4.03. The first-order chi connectivity index (χ1) is 13.2. The highest BCUT2D eigenvalue weighted by Gasteiger charge is 2.28. The highest BCUT2D eigenvalue weighted by atomic mass is 32.1. The van der Waals surface area contributed by atoms with Crippen LogP contribution >= 0.6 is 11.3 Å². The Bertz CT molecular complexity index is 935. The van der Waals surface area contributed by atoms with Crippen LogP contribution in [0.15, 0.2) is 42.0 Å². The third-order valence-electron chi connectivity index (χ3n) is 5.09. The number of H-pyrrole nitrogens is 1. The van der Waals surface area contributed by atoms with Gasteiger partial charge in [0, 0.05) is 48.2 Å². The van der Waals surface area contributed by atoms with Gasteiger partial charge in [-0.15, -0.1) is 11.3 Å². The van der Waals surface area contributed by atoms with E-state index in [-0.39, 0.29) is 17.7 Å². The van der Waals surface area contributed by atoms with E-state index in [0.717, 1.165) is 30.5 Å². The van der Waals surface area contributed by atoms with E-state index in [4.69, 9.17) is 0 Å². The minimum absolute atomic E-state index is 0.0425. The number of hydrogen-bond donors (Lipinski definition) is 2. The summed E-state index contributed by atoms with van der Waals surface area (Å²) in [5.74, 6) is -0.0919. The fourth-order valence-electron chi connectivity index (χ4n) is 3.65. The monoisotopic (exact) mass is 382 g/mol. The smallest absolute Gasteiger partial charge is 0.231 e. The second-order valence-electron chi connectivity index (χ2n) is 6.86. The summed E-state index contributed by atoms with van der Waals surface area (Å²) < 4.78 is 0. The first-order valence-corrected chi connectivity index (χ1v) is 10.1. The number of rotatable bonds is 5. The third-order valence-corrected chi connectivity index (χ3v) is 5.78. The van der Waals surface area contributed by atoms with Gasteiger partial charge in [0.05, 0.1) is 5.92 Å². The Balaban J connectivity index is 1.33. The van der Waals surface area contributed by atoms with Crippen molar-refractivity contribution in [1.29, 1.82) is 0 Å². The number of amides is 2. The van der Waals surface area contributed by atoms with Crippen molar-refractivity contribution in [3.63, 3.8) is 0 Å². The Morgan fingerprint density at radius 2 is 2.22 bits per heavy atom. The molecule has 6 nitrogen and oxygen atoms in total. The number of nitrogens with zero attached hydrogens (tertiary/aromatic N) is 2. The van der Waals surface area contributed by atoms with E-state index in [1.54, 1.807) is 6.20 Å². The van der Waals surface area contributed by atoms with Gasteiger partial charge in [0.2, 0.25) is 11.8 Å². The molecule has 0 aliphatic carbocycles. The number of carbonyl (C=O) groups is 2. The molecular formula is C20H22N4O2S. The van der Waals surface area contributed by atoms with Gasteiger partial charge in [0.15, 0.2) is 5.13 Å². The van der Waals surface area contributed by atoms with Crippen LogP contribution in [0.25, 0.3) is 10.9 Å². The number of piperidine rings is 1. The minimum atomic E-state index is -0.167. The van der Waals surface area contributed by atoms with Crippen LogP contribution in [0.4, 0.5) is 5.13 Å². The molecule has 0 radical (unpaired) electrons. The van der Waals surface area contributed by atoms with E-state index in [1.165, 1.54) is 16.7 Å². The molecule has 27 heavy (non-hydrogen) atoms. The van der Waals surface area contributed by atoms with Gasteiger partial charge in [-0.1, -0.05) is 18.2 Å². The maximum atomic E-state index is 12.7. The number of fused-ring (bicyclic) bond motifs is 1. The van der Waals surface area contributed by atoms with Crippen LogP contribution in [0.1, 0.15) is 24.8 Å². The van der Waals surface area contributed by atoms with Gasteiger partial charge in [0.1, 0.15) is 0 Å². The van der Waals surface area contributed by atoms with Crippen molar-refractivity contribution in [1.82, 2.24) is 14.9 Å². The standard InChI is InChI=1S/C20H22N4O2S/c25-18(8-7-14-12-22-17-6-2-1-5-16(14)17)24-10-3-4-15(13-24)19(26)23-20-21-9-11-27-20/h1-2,5-6,9,11-12,15,22H,3-4,7-8,10,13H2,(H,21,23,26)/t15-/m0/s1. The van der Waals surface area contributed by atoms with Crippen LogP contribution < -0.4 is 5.32 Å². The summed E-state index contributed by atoms with van der Waals surface area (Å²) in [5.41, 5.74) is 2.26. The Morgan fingerprint density at radius 1 is 1.33 bits per heavy atom. The van der Waals surface area contributed by atoms with E-state index >= 15 is 0 Å². The molecule has 0 saturated carbocycles. The molecule has 140 valence electrons. The van der Waals surface area contributed by atoms with Crippen LogP contribution in [0.5, 0.6) is 0 Å². The number of nitrogens with one attached hydrogen (secondary N) is 2. The molecule has 7 heteroatoms. The lowest BCUT2D eigenvalue weighted by Crippen LogP contribution is -2.43. The first-order valence-electron chi connectivity index (χ1n) is 9.24. The summed E-state index contributed by atoms with van der Waals surface area (Å²) >= 11 is 1.40. The molecule has 0 spiro atoms. The lowest BCUT2D eigenvalue weighted by Gasteiger charge is -2.32. The van der Waals surface area contributed by atoms with Gasteiger partial charge in [-0.05, 0) is 30.9 Å². The van der Waals surface area contributed by atoms with E-state index in [0.29, 0.717) is 24.5 Å². The van der Waals surface area contributed by atoms with Crippen LogP contribution in [0, 0.1) is 5.92 Å². The molecule has 1 aliphatic heterocycles. The lowest BCUT2D eigenvalue weighted by molar-refractivity contribution is -0.134. The highest BCUT2D eigenvalue weighted by Crippen LogP contribution is 2.22. The highest BCUT2D eigenvalue weighted by molar-refractivity contribution is 7.13. The van der Waals surface area contributed by atoms with Crippen LogP contribution in [-0.2, 0) is 16.0 Å². The lowest BCUT2D eigenvalue weighted by atomic mass is 9.96. The maximum absolute atomic E-state index is 12.7. The summed E-state index contributed by atoms with van der Waals surface area (Å²) in [6.07, 6.45) is 6.48. The van der Waals surface area contributed by atoms with Crippen LogP contribution in [-0.4, -0.2) is 39.8 Å². The number of aryl methyl sites for hydroxylation is 1. The van der Waals surface area contributed by atoms with Gasteiger partial charge in [0.25, 0.3) is 0 Å². The SMILES string of the molecule is O=C(Nc1nccs1)[C@H]1CCCN(C(=O)CCc2c[nH]c3ccccc23)C1. The Morgan fingerprint density at radius 3 is 3.07 bits per heavy atom. The quantitative estimate of drug-likeness (QED) is 0.710. The van der Waals surface area contributed by atoms with Crippen molar-refractivity contribution in [3.05, 3.63) is 47.6 Å². The van der Waals surface area contributed by atoms with E-state index < -0.39 is 0 Å². The first kappa shape index (κ1) is 17.7. The summed E-state index contributed by atoms with van der Waals surface area (Å²) in [7, 11) is 0.